The number of rotatable bonds is 3. The van der Waals surface area contributed by atoms with Gasteiger partial charge in [0.15, 0.2) is 5.78 Å². The second-order valence-corrected chi connectivity index (χ2v) is 8.29. The lowest BCUT2D eigenvalue weighted by Gasteiger charge is -2.35. The number of nitrogens with zero attached hydrogens (tertiary/aromatic N) is 2. The highest BCUT2D eigenvalue weighted by Gasteiger charge is 2.28. The Bertz CT molecular complexity index is 901. The number of carbonyl (C=O) groups is 1. The number of benzene rings is 2. The number of aromatic nitrogens is 1. The molecule has 0 saturated carbocycles. The van der Waals surface area contributed by atoms with Gasteiger partial charge in [0, 0.05) is 45.9 Å². The van der Waals surface area contributed by atoms with E-state index in [1.165, 1.54) is 0 Å². The van der Waals surface area contributed by atoms with Crippen LogP contribution < -0.4 is 5.32 Å². The van der Waals surface area contributed by atoms with Gasteiger partial charge in [0.05, 0.1) is 11.0 Å². The summed E-state index contributed by atoms with van der Waals surface area (Å²) < 4.78 is 4.29. The van der Waals surface area contributed by atoms with E-state index in [1.54, 1.807) is 6.92 Å². The number of Topliss-reactive ketones (excluding diaryl/α,β-unsaturated/α-hetero) is 1. The van der Waals surface area contributed by atoms with Crippen molar-refractivity contribution in [1.82, 2.24) is 14.8 Å². The zero-order valence-corrected chi connectivity index (χ0v) is 17.1. The van der Waals surface area contributed by atoms with Crippen LogP contribution >= 0.6 is 31.9 Å². The lowest BCUT2D eigenvalue weighted by Crippen LogP contribution is -2.48. The zero-order valence-electron chi connectivity index (χ0n) is 13.9. The van der Waals surface area contributed by atoms with Gasteiger partial charge in [-0.1, -0.05) is 31.9 Å². The fourth-order valence-electron chi connectivity index (χ4n) is 3.79. The third kappa shape index (κ3) is 3.05. The van der Waals surface area contributed by atoms with Gasteiger partial charge in [-0.25, -0.2) is 0 Å². The quantitative estimate of drug-likeness (QED) is 0.627. The molecule has 3 aromatic rings. The van der Waals surface area contributed by atoms with Gasteiger partial charge in [-0.15, -0.1) is 0 Å². The Balaban J connectivity index is 2.02. The highest BCUT2D eigenvalue weighted by Crippen LogP contribution is 2.36. The molecule has 1 aliphatic rings. The largest absolute Gasteiger partial charge is 0.317 e. The van der Waals surface area contributed by atoms with E-state index in [0.29, 0.717) is 0 Å². The van der Waals surface area contributed by atoms with Crippen LogP contribution in [-0.2, 0) is 4.79 Å². The summed E-state index contributed by atoms with van der Waals surface area (Å²) in [5.41, 5.74) is 2.19. The molecule has 1 atom stereocenters. The summed E-state index contributed by atoms with van der Waals surface area (Å²) in [6.07, 6.45) is -0.274. The van der Waals surface area contributed by atoms with Crippen molar-refractivity contribution in [3.63, 3.8) is 0 Å². The standard InChI is InChI=1S/C19H19Br2N3O/c1-12(25)19(23-8-6-22-7-9-23)24-17-4-2-13(20)10-15(17)16-11-14(21)3-5-18(16)24/h2-5,10-11,19,22H,6-9H2,1H3. The highest BCUT2D eigenvalue weighted by molar-refractivity contribution is 9.10. The minimum Gasteiger partial charge on any atom is -0.317 e. The van der Waals surface area contributed by atoms with Crippen molar-refractivity contribution in [2.45, 2.75) is 13.1 Å². The molecule has 1 aromatic heterocycles. The molecule has 0 amide bonds. The Morgan fingerprint density at radius 2 is 1.52 bits per heavy atom. The van der Waals surface area contributed by atoms with Crippen LogP contribution in [-0.4, -0.2) is 41.4 Å². The maximum Gasteiger partial charge on any atom is 0.167 e. The molecular weight excluding hydrogens is 446 g/mol. The predicted molar refractivity (Wildman–Crippen MR) is 109 cm³/mol. The number of piperazine rings is 1. The monoisotopic (exact) mass is 463 g/mol. The van der Waals surface area contributed by atoms with E-state index in [4.69, 9.17) is 0 Å². The molecular formula is C19H19Br2N3O. The summed E-state index contributed by atoms with van der Waals surface area (Å²) in [5, 5.41) is 5.69. The molecule has 2 heterocycles. The van der Waals surface area contributed by atoms with Crippen LogP contribution in [0.4, 0.5) is 0 Å². The summed E-state index contributed by atoms with van der Waals surface area (Å²) >= 11 is 7.16. The molecule has 4 nitrogen and oxygen atoms in total. The van der Waals surface area contributed by atoms with Crippen molar-refractivity contribution in [2.75, 3.05) is 26.2 Å². The van der Waals surface area contributed by atoms with Gasteiger partial charge in [-0.05, 0) is 43.3 Å². The van der Waals surface area contributed by atoms with E-state index in [-0.39, 0.29) is 11.9 Å². The number of halogens is 2. The van der Waals surface area contributed by atoms with Crippen molar-refractivity contribution in [2.24, 2.45) is 0 Å². The van der Waals surface area contributed by atoms with Crippen molar-refractivity contribution >= 4 is 59.4 Å². The van der Waals surface area contributed by atoms with Crippen LogP contribution in [0.3, 0.4) is 0 Å². The summed E-state index contributed by atoms with van der Waals surface area (Å²) in [7, 11) is 0. The number of nitrogens with one attached hydrogen (secondary N) is 1. The fourth-order valence-corrected chi connectivity index (χ4v) is 4.51. The van der Waals surface area contributed by atoms with Crippen molar-refractivity contribution in [3.8, 4) is 0 Å². The second kappa shape index (κ2) is 6.83. The van der Waals surface area contributed by atoms with Gasteiger partial charge in [0.25, 0.3) is 0 Å². The average molecular weight is 465 g/mol. The molecule has 1 aliphatic heterocycles. The average Bonchev–Trinajstić information content (AvgIpc) is 2.89. The first-order valence-corrected chi connectivity index (χ1v) is 9.99. The van der Waals surface area contributed by atoms with E-state index >= 15 is 0 Å². The van der Waals surface area contributed by atoms with Gasteiger partial charge in [-0.3, -0.25) is 9.69 Å². The molecule has 1 N–H and O–H groups in total. The van der Waals surface area contributed by atoms with Crippen LogP contribution in [0.5, 0.6) is 0 Å². The second-order valence-electron chi connectivity index (χ2n) is 6.46. The number of hydrogen-bond acceptors (Lipinski definition) is 3. The molecule has 6 heteroatoms. The van der Waals surface area contributed by atoms with Gasteiger partial charge < -0.3 is 9.88 Å². The molecule has 1 fully saturated rings. The van der Waals surface area contributed by atoms with Crippen molar-refractivity contribution in [3.05, 3.63) is 45.3 Å². The topological polar surface area (TPSA) is 37.3 Å². The molecule has 0 aliphatic carbocycles. The smallest absolute Gasteiger partial charge is 0.167 e. The van der Waals surface area contributed by atoms with Crippen LogP contribution in [0.1, 0.15) is 13.1 Å². The summed E-state index contributed by atoms with van der Waals surface area (Å²) in [5.74, 6) is 0.173. The third-order valence-electron chi connectivity index (χ3n) is 4.83. The van der Waals surface area contributed by atoms with Crippen LogP contribution in [0.25, 0.3) is 21.8 Å². The first-order valence-electron chi connectivity index (χ1n) is 8.40. The lowest BCUT2D eigenvalue weighted by atomic mass is 10.2. The lowest BCUT2D eigenvalue weighted by molar-refractivity contribution is -0.125. The number of hydrogen-bond donors (Lipinski definition) is 1. The van der Waals surface area contributed by atoms with E-state index in [2.05, 4.69) is 70.9 Å². The number of fused-ring (bicyclic) bond motifs is 3. The third-order valence-corrected chi connectivity index (χ3v) is 5.82. The van der Waals surface area contributed by atoms with Gasteiger partial charge in [0.1, 0.15) is 6.17 Å². The van der Waals surface area contributed by atoms with E-state index < -0.39 is 0 Å². The summed E-state index contributed by atoms with van der Waals surface area (Å²) in [6.45, 7) is 5.27. The maximum absolute atomic E-state index is 12.7. The molecule has 25 heavy (non-hydrogen) atoms. The Morgan fingerprint density at radius 1 is 1.00 bits per heavy atom. The summed E-state index contributed by atoms with van der Waals surface area (Å²) in [6, 6.07) is 12.6. The Kier molecular flexibility index (Phi) is 4.71. The minimum absolute atomic E-state index is 0.173. The molecule has 1 saturated heterocycles. The first-order chi connectivity index (χ1) is 12.1. The Labute approximate surface area is 163 Å². The predicted octanol–water partition coefficient (Wildman–Crippen LogP) is 4.31. The molecule has 2 aromatic carbocycles. The van der Waals surface area contributed by atoms with E-state index in [1.807, 2.05) is 12.1 Å². The molecule has 1 unspecified atom stereocenters. The number of carbonyl (C=O) groups excluding carboxylic acids is 1. The molecule has 0 bridgehead atoms. The fraction of sp³-hybridized carbons (Fsp3) is 0.316. The number of ketones is 1. The van der Waals surface area contributed by atoms with Crippen molar-refractivity contribution in [1.29, 1.82) is 0 Å². The van der Waals surface area contributed by atoms with Crippen LogP contribution in [0.2, 0.25) is 0 Å². The van der Waals surface area contributed by atoms with Crippen LogP contribution in [0, 0.1) is 0 Å². The van der Waals surface area contributed by atoms with E-state index in [0.717, 1.165) is 56.9 Å². The SMILES string of the molecule is CC(=O)C(N1CCNCC1)n1c2ccc(Br)cc2c2cc(Br)ccc21. The van der Waals surface area contributed by atoms with Gasteiger partial charge >= 0.3 is 0 Å². The molecule has 0 radical (unpaired) electrons. The Hall–Kier alpha value is -1.21. The molecule has 4 rings (SSSR count). The molecule has 130 valence electrons. The minimum atomic E-state index is -0.274. The van der Waals surface area contributed by atoms with Crippen LogP contribution in [0.15, 0.2) is 45.3 Å². The van der Waals surface area contributed by atoms with Crippen molar-refractivity contribution < 1.29 is 4.79 Å². The highest BCUT2D eigenvalue weighted by atomic mass is 79.9. The molecule has 0 spiro atoms. The van der Waals surface area contributed by atoms with E-state index in [9.17, 15) is 4.79 Å². The summed E-state index contributed by atoms with van der Waals surface area (Å²) in [4.78, 5) is 14.9. The first kappa shape index (κ1) is 17.2. The maximum atomic E-state index is 12.7. The Morgan fingerprint density at radius 3 is 2.00 bits per heavy atom. The van der Waals surface area contributed by atoms with Gasteiger partial charge in [-0.2, -0.15) is 0 Å². The normalized spacial score (nSPS) is 17.2. The van der Waals surface area contributed by atoms with Gasteiger partial charge in [0.2, 0.25) is 0 Å². The zero-order chi connectivity index (χ0) is 17.6.